The Kier molecular flexibility index (Phi) is 10.5. The van der Waals surface area contributed by atoms with Crippen LogP contribution < -0.4 is 0 Å². The van der Waals surface area contributed by atoms with Crippen LogP contribution in [0.3, 0.4) is 0 Å². The fourth-order valence-electron chi connectivity index (χ4n) is 2.86. The minimum atomic E-state index is -1.88. The molecule has 2 atom stereocenters. The number of aliphatic hydroxyl groups is 1. The van der Waals surface area contributed by atoms with Crippen LogP contribution in [0.2, 0.25) is 18.1 Å². The number of hydrogen-bond acceptors (Lipinski definition) is 4. The molecule has 0 aliphatic rings. The van der Waals surface area contributed by atoms with Crippen molar-refractivity contribution >= 4 is 25.7 Å². The molecule has 0 spiro atoms. The monoisotopic (exact) mass is 437 g/mol. The van der Waals surface area contributed by atoms with Crippen molar-refractivity contribution in [3.8, 4) is 0 Å². The highest BCUT2D eigenvalue weighted by Gasteiger charge is 2.39. The lowest BCUT2D eigenvalue weighted by atomic mass is 10.0. The van der Waals surface area contributed by atoms with Crippen molar-refractivity contribution in [2.24, 2.45) is 5.92 Å². The van der Waals surface area contributed by atoms with E-state index in [1.807, 2.05) is 6.92 Å². The number of aliphatic hydroxyl groups excluding tert-OH is 1. The zero-order valence-electron chi connectivity index (χ0n) is 20.1. The molecular formula is C24H43NO2SSi. The van der Waals surface area contributed by atoms with Gasteiger partial charge in [-0.3, -0.25) is 0 Å². The van der Waals surface area contributed by atoms with Crippen LogP contribution >= 0.6 is 11.3 Å². The molecule has 0 aliphatic heterocycles. The molecule has 0 bridgehead atoms. The predicted molar refractivity (Wildman–Crippen MR) is 131 cm³/mol. The van der Waals surface area contributed by atoms with Crippen molar-refractivity contribution in [3.63, 3.8) is 0 Å². The standard InChI is InChI=1S/C24H43NO2SSi/c1-18(11-10-12-19(2)16-26)13-14-23(27-29(8,9)24(5,6)7)20(3)15-22-17-28-21(4)25-22/h13,15,17,19,23,26H,10-12,14,16H2,1-9H3/b18-13-,20-15+/t19-,23-/m0/s1. The first-order valence-corrected chi connectivity index (χ1v) is 14.7. The van der Waals surface area contributed by atoms with E-state index in [0.717, 1.165) is 36.4 Å². The fraction of sp³-hybridized carbons (Fsp3) is 0.708. The van der Waals surface area contributed by atoms with Gasteiger partial charge in [-0.05, 0) is 82.2 Å². The molecule has 1 heterocycles. The van der Waals surface area contributed by atoms with E-state index < -0.39 is 8.32 Å². The Bertz CT molecular complexity index is 685. The van der Waals surface area contributed by atoms with Gasteiger partial charge in [-0.25, -0.2) is 4.98 Å². The number of nitrogens with zero attached hydrogens (tertiary/aromatic N) is 1. The molecule has 1 N–H and O–H groups in total. The summed E-state index contributed by atoms with van der Waals surface area (Å²) in [7, 11) is -1.88. The highest BCUT2D eigenvalue weighted by molar-refractivity contribution is 7.09. The number of aryl methyl sites for hydroxylation is 1. The molecule has 3 nitrogen and oxygen atoms in total. The summed E-state index contributed by atoms with van der Waals surface area (Å²) in [5.74, 6) is 0.393. The number of thiazole rings is 1. The maximum absolute atomic E-state index is 9.20. The fourth-order valence-corrected chi connectivity index (χ4v) is 4.78. The minimum Gasteiger partial charge on any atom is -0.410 e. The quantitative estimate of drug-likeness (QED) is 0.290. The molecule has 0 saturated carbocycles. The summed E-state index contributed by atoms with van der Waals surface area (Å²) >= 11 is 1.69. The minimum absolute atomic E-state index is 0.0872. The highest BCUT2D eigenvalue weighted by Crippen LogP contribution is 2.38. The second-order valence-electron chi connectivity index (χ2n) is 10.0. The summed E-state index contributed by atoms with van der Waals surface area (Å²) in [5.41, 5.74) is 3.70. The van der Waals surface area contributed by atoms with E-state index in [1.165, 1.54) is 11.1 Å². The average molecular weight is 438 g/mol. The van der Waals surface area contributed by atoms with Crippen molar-refractivity contribution in [1.82, 2.24) is 4.98 Å². The Labute approximate surface area is 184 Å². The SMILES string of the molecule is C/C(=C/C[C@H](O[Si](C)(C)C(C)(C)C)/C(C)=C/c1csc(C)n1)CCC[C@H](C)CO. The van der Waals surface area contributed by atoms with Crippen molar-refractivity contribution in [1.29, 1.82) is 0 Å². The summed E-state index contributed by atoms with van der Waals surface area (Å²) in [5, 5.41) is 12.6. The third kappa shape index (κ3) is 9.29. The van der Waals surface area contributed by atoms with Gasteiger partial charge in [0.1, 0.15) is 0 Å². The molecule has 0 unspecified atom stereocenters. The normalized spacial score (nSPS) is 16.2. The first-order valence-electron chi connectivity index (χ1n) is 10.9. The molecule has 5 heteroatoms. The maximum Gasteiger partial charge on any atom is 0.192 e. The van der Waals surface area contributed by atoms with Crippen LogP contribution in [0.25, 0.3) is 6.08 Å². The topological polar surface area (TPSA) is 42.4 Å². The molecule has 0 aliphatic carbocycles. The average Bonchev–Trinajstić information content (AvgIpc) is 3.01. The van der Waals surface area contributed by atoms with Gasteiger partial charge < -0.3 is 9.53 Å². The van der Waals surface area contributed by atoms with E-state index in [0.29, 0.717) is 5.92 Å². The van der Waals surface area contributed by atoms with Crippen LogP contribution in [0.5, 0.6) is 0 Å². The second kappa shape index (κ2) is 11.6. The second-order valence-corrected chi connectivity index (χ2v) is 15.8. The van der Waals surface area contributed by atoms with Crippen molar-refractivity contribution in [2.75, 3.05) is 6.61 Å². The Hall–Kier alpha value is -0.753. The molecule has 0 aromatic carbocycles. The van der Waals surface area contributed by atoms with Gasteiger partial charge in [0.05, 0.1) is 16.8 Å². The highest BCUT2D eigenvalue weighted by atomic mass is 32.1. The summed E-state index contributed by atoms with van der Waals surface area (Å²) in [6.45, 7) is 20.4. The van der Waals surface area contributed by atoms with E-state index in [9.17, 15) is 5.11 Å². The van der Waals surface area contributed by atoms with Gasteiger partial charge in [0, 0.05) is 12.0 Å². The molecule has 166 valence electrons. The van der Waals surface area contributed by atoms with Gasteiger partial charge in [-0.15, -0.1) is 11.3 Å². The van der Waals surface area contributed by atoms with E-state index >= 15 is 0 Å². The van der Waals surface area contributed by atoms with E-state index in [4.69, 9.17) is 4.43 Å². The van der Waals surface area contributed by atoms with Gasteiger partial charge in [-0.2, -0.15) is 0 Å². The summed E-state index contributed by atoms with van der Waals surface area (Å²) in [4.78, 5) is 4.60. The summed E-state index contributed by atoms with van der Waals surface area (Å²) < 4.78 is 6.82. The largest absolute Gasteiger partial charge is 0.410 e. The molecule has 0 radical (unpaired) electrons. The number of allylic oxidation sites excluding steroid dienone is 1. The van der Waals surface area contributed by atoms with Crippen LogP contribution in [-0.2, 0) is 4.43 Å². The van der Waals surface area contributed by atoms with Gasteiger partial charge in [-0.1, -0.05) is 39.3 Å². The van der Waals surface area contributed by atoms with Crippen LogP contribution in [0.15, 0.2) is 22.6 Å². The number of rotatable bonds is 11. The molecule has 0 amide bonds. The van der Waals surface area contributed by atoms with Gasteiger partial charge in [0.25, 0.3) is 0 Å². The number of hydrogen-bond donors (Lipinski definition) is 1. The zero-order chi connectivity index (χ0) is 22.2. The van der Waals surface area contributed by atoms with Crippen LogP contribution in [0.4, 0.5) is 0 Å². The lowest BCUT2D eigenvalue weighted by Gasteiger charge is -2.39. The molecule has 0 saturated heterocycles. The molecule has 29 heavy (non-hydrogen) atoms. The van der Waals surface area contributed by atoms with Gasteiger partial charge in [0.2, 0.25) is 0 Å². The van der Waals surface area contributed by atoms with E-state index in [2.05, 4.69) is 77.2 Å². The summed E-state index contributed by atoms with van der Waals surface area (Å²) in [6, 6.07) is 0. The lowest BCUT2D eigenvalue weighted by Crippen LogP contribution is -2.44. The van der Waals surface area contributed by atoms with Crippen molar-refractivity contribution in [3.05, 3.63) is 33.3 Å². The molecule has 0 fully saturated rings. The van der Waals surface area contributed by atoms with E-state index in [-0.39, 0.29) is 17.7 Å². The lowest BCUT2D eigenvalue weighted by molar-refractivity contribution is 0.217. The van der Waals surface area contributed by atoms with Crippen molar-refractivity contribution in [2.45, 2.75) is 98.4 Å². The molecular weight excluding hydrogens is 394 g/mol. The van der Waals surface area contributed by atoms with Crippen molar-refractivity contribution < 1.29 is 9.53 Å². The Morgan fingerprint density at radius 2 is 1.97 bits per heavy atom. The number of aromatic nitrogens is 1. The van der Waals surface area contributed by atoms with Crippen LogP contribution in [0.1, 0.15) is 77.9 Å². The Balaban J connectivity index is 2.92. The summed E-state index contributed by atoms with van der Waals surface area (Å²) in [6.07, 6.45) is 8.82. The molecule has 1 rings (SSSR count). The smallest absolute Gasteiger partial charge is 0.192 e. The molecule has 1 aromatic heterocycles. The predicted octanol–water partition coefficient (Wildman–Crippen LogP) is 7.38. The van der Waals surface area contributed by atoms with Crippen LogP contribution in [-0.4, -0.2) is 31.1 Å². The molecule has 1 aromatic rings. The van der Waals surface area contributed by atoms with Crippen LogP contribution in [0, 0.1) is 12.8 Å². The van der Waals surface area contributed by atoms with Gasteiger partial charge >= 0.3 is 0 Å². The Morgan fingerprint density at radius 3 is 2.48 bits per heavy atom. The third-order valence-corrected chi connectivity index (χ3v) is 11.3. The van der Waals surface area contributed by atoms with E-state index in [1.54, 1.807) is 11.3 Å². The zero-order valence-corrected chi connectivity index (χ0v) is 21.9. The van der Waals surface area contributed by atoms with Gasteiger partial charge in [0.15, 0.2) is 8.32 Å². The third-order valence-electron chi connectivity index (χ3n) is 6.02. The first-order chi connectivity index (χ1) is 13.4. The maximum atomic E-state index is 9.20. The first kappa shape index (κ1) is 26.3. The Morgan fingerprint density at radius 1 is 1.31 bits per heavy atom.